The van der Waals surface area contributed by atoms with Crippen molar-refractivity contribution in [2.45, 2.75) is 37.1 Å². The van der Waals surface area contributed by atoms with Gasteiger partial charge in [-0.3, -0.25) is 19.4 Å². The minimum absolute atomic E-state index is 0.0611. The summed E-state index contributed by atoms with van der Waals surface area (Å²) in [5.74, 6) is -0.295. The third kappa shape index (κ3) is 5.48. The summed E-state index contributed by atoms with van der Waals surface area (Å²) in [7, 11) is -3.74. The number of rotatable bonds is 7. The van der Waals surface area contributed by atoms with Crippen LogP contribution in [0.15, 0.2) is 23.1 Å². The molecule has 182 valence electrons. The van der Waals surface area contributed by atoms with Crippen LogP contribution in [-0.2, 0) is 24.3 Å². The molecule has 0 radical (unpaired) electrons. The van der Waals surface area contributed by atoms with Gasteiger partial charge in [0.25, 0.3) is 5.91 Å². The monoisotopic (exact) mass is 480 g/mol. The molecule has 0 aliphatic carbocycles. The molecule has 2 amide bonds. The molecule has 1 aromatic carbocycles. The Morgan fingerprint density at radius 3 is 2.73 bits per heavy atom. The van der Waals surface area contributed by atoms with E-state index in [1.165, 1.54) is 46.7 Å². The predicted molar refractivity (Wildman–Crippen MR) is 122 cm³/mol. The number of anilines is 1. The molecule has 0 spiro atoms. The van der Waals surface area contributed by atoms with Crippen LogP contribution in [0.2, 0.25) is 0 Å². The molecule has 3 aliphatic heterocycles. The smallest absolute Gasteiger partial charge is 0.265 e. The third-order valence-electron chi connectivity index (χ3n) is 6.44. The van der Waals surface area contributed by atoms with Gasteiger partial charge in [0.15, 0.2) is 6.61 Å². The molecule has 33 heavy (non-hydrogen) atoms. The van der Waals surface area contributed by atoms with Crippen LogP contribution in [0.5, 0.6) is 5.75 Å². The fourth-order valence-electron chi connectivity index (χ4n) is 4.48. The van der Waals surface area contributed by atoms with Crippen molar-refractivity contribution in [3.05, 3.63) is 18.2 Å². The van der Waals surface area contributed by atoms with E-state index in [2.05, 4.69) is 17.1 Å². The lowest BCUT2D eigenvalue weighted by atomic mass is 10.0. The number of fused-ring (bicyclic) bond motifs is 1. The van der Waals surface area contributed by atoms with Gasteiger partial charge in [-0.2, -0.15) is 4.31 Å². The molecule has 0 saturated carbocycles. The first kappa shape index (κ1) is 23.9. The van der Waals surface area contributed by atoms with Crippen molar-refractivity contribution in [3.8, 4) is 5.75 Å². The van der Waals surface area contributed by atoms with Crippen molar-refractivity contribution < 1.29 is 27.5 Å². The number of benzene rings is 1. The number of amides is 2. The van der Waals surface area contributed by atoms with Crippen LogP contribution in [0.3, 0.4) is 0 Å². The fourth-order valence-corrected chi connectivity index (χ4v) is 5.91. The maximum absolute atomic E-state index is 13.0. The summed E-state index contributed by atoms with van der Waals surface area (Å²) >= 11 is 0. The van der Waals surface area contributed by atoms with Gasteiger partial charge in [-0.1, -0.05) is 6.42 Å². The Kier molecular flexibility index (Phi) is 7.52. The van der Waals surface area contributed by atoms with Crippen LogP contribution in [0.1, 0.15) is 26.2 Å². The number of ether oxygens (including phenoxy) is 2. The SMILES string of the molecule is CC1CCCCN1CCNC(=O)CN1C(=O)COc2ccc(S(=O)(=O)N3CCOCC3)cc21. The topological polar surface area (TPSA) is 108 Å². The molecule has 3 heterocycles. The summed E-state index contributed by atoms with van der Waals surface area (Å²) < 4.78 is 38.2. The molecule has 2 fully saturated rings. The summed E-state index contributed by atoms with van der Waals surface area (Å²) in [6.07, 6.45) is 3.58. The summed E-state index contributed by atoms with van der Waals surface area (Å²) in [5.41, 5.74) is 0.292. The standard InChI is InChI=1S/C22H32N4O6S/c1-17-4-2-3-8-24(17)9-7-23-21(27)15-26-19-14-18(5-6-20(19)32-16-22(26)28)33(29,30)25-10-12-31-13-11-25/h5-6,14,17H,2-4,7-13,15-16H2,1H3,(H,23,27). The minimum atomic E-state index is -3.74. The number of piperidine rings is 1. The number of carbonyl (C=O) groups is 2. The van der Waals surface area contributed by atoms with Gasteiger partial charge in [0, 0.05) is 32.2 Å². The third-order valence-corrected chi connectivity index (χ3v) is 8.34. The van der Waals surface area contributed by atoms with Gasteiger partial charge in [-0.15, -0.1) is 0 Å². The summed E-state index contributed by atoms with van der Waals surface area (Å²) in [5, 5.41) is 2.89. The molecule has 0 aromatic heterocycles. The highest BCUT2D eigenvalue weighted by Crippen LogP contribution is 2.35. The lowest BCUT2D eigenvalue weighted by Gasteiger charge is -2.33. The van der Waals surface area contributed by atoms with Gasteiger partial charge in [-0.05, 0) is 44.5 Å². The van der Waals surface area contributed by atoms with E-state index < -0.39 is 10.0 Å². The van der Waals surface area contributed by atoms with E-state index in [1.54, 1.807) is 0 Å². The van der Waals surface area contributed by atoms with E-state index in [1.807, 2.05) is 0 Å². The average Bonchev–Trinajstić information content (AvgIpc) is 2.82. The van der Waals surface area contributed by atoms with Gasteiger partial charge in [0.05, 0.1) is 23.8 Å². The number of nitrogens with zero attached hydrogens (tertiary/aromatic N) is 3. The maximum atomic E-state index is 13.0. The Labute approximate surface area is 194 Å². The number of morpholine rings is 1. The molecule has 1 atom stereocenters. The highest BCUT2D eigenvalue weighted by Gasteiger charge is 2.32. The van der Waals surface area contributed by atoms with Crippen LogP contribution in [0.4, 0.5) is 5.69 Å². The van der Waals surface area contributed by atoms with Crippen molar-refractivity contribution in [1.82, 2.24) is 14.5 Å². The Morgan fingerprint density at radius 2 is 1.97 bits per heavy atom. The Bertz CT molecular complexity index is 979. The van der Waals surface area contributed by atoms with Crippen LogP contribution in [0.25, 0.3) is 0 Å². The van der Waals surface area contributed by atoms with E-state index >= 15 is 0 Å². The van der Waals surface area contributed by atoms with E-state index in [-0.39, 0.29) is 43.0 Å². The number of nitrogens with one attached hydrogen (secondary N) is 1. The van der Waals surface area contributed by atoms with Crippen molar-refractivity contribution in [2.24, 2.45) is 0 Å². The lowest BCUT2D eigenvalue weighted by Crippen LogP contribution is -2.47. The highest BCUT2D eigenvalue weighted by atomic mass is 32.2. The van der Waals surface area contributed by atoms with Gasteiger partial charge < -0.3 is 14.8 Å². The van der Waals surface area contributed by atoms with Gasteiger partial charge >= 0.3 is 0 Å². The number of likely N-dealkylation sites (tertiary alicyclic amines) is 1. The quantitative estimate of drug-likeness (QED) is 0.603. The van der Waals surface area contributed by atoms with Gasteiger partial charge in [-0.25, -0.2) is 8.42 Å². The molecule has 1 N–H and O–H groups in total. The molecule has 3 aliphatic rings. The second kappa shape index (κ2) is 10.4. The molecule has 0 bridgehead atoms. The molecule has 10 nitrogen and oxygen atoms in total. The Balaban J connectivity index is 1.43. The highest BCUT2D eigenvalue weighted by molar-refractivity contribution is 7.89. The predicted octanol–water partition coefficient (Wildman–Crippen LogP) is 0.424. The largest absolute Gasteiger partial charge is 0.482 e. The van der Waals surface area contributed by atoms with E-state index in [9.17, 15) is 18.0 Å². The summed E-state index contributed by atoms with van der Waals surface area (Å²) in [6, 6.07) is 4.94. The fraction of sp³-hybridized carbons (Fsp3) is 0.636. The molecule has 1 unspecified atom stereocenters. The van der Waals surface area contributed by atoms with Crippen LogP contribution < -0.4 is 15.0 Å². The molecule has 4 rings (SSSR count). The van der Waals surface area contributed by atoms with E-state index in [4.69, 9.17) is 9.47 Å². The molecule has 2 saturated heterocycles. The Morgan fingerprint density at radius 1 is 1.18 bits per heavy atom. The zero-order valence-electron chi connectivity index (χ0n) is 19.0. The van der Waals surface area contributed by atoms with Crippen LogP contribution in [-0.4, -0.2) is 94.6 Å². The van der Waals surface area contributed by atoms with Crippen molar-refractivity contribution >= 4 is 27.5 Å². The summed E-state index contributed by atoms with van der Waals surface area (Å²) in [6.45, 7) is 5.35. The van der Waals surface area contributed by atoms with Crippen LogP contribution >= 0.6 is 0 Å². The first-order valence-electron chi connectivity index (χ1n) is 11.5. The van der Waals surface area contributed by atoms with Crippen molar-refractivity contribution in [1.29, 1.82) is 0 Å². The minimum Gasteiger partial charge on any atom is -0.482 e. The second-order valence-electron chi connectivity index (χ2n) is 8.65. The average molecular weight is 481 g/mol. The molecular formula is C22H32N4O6S. The first-order chi connectivity index (χ1) is 15.9. The van der Waals surface area contributed by atoms with Gasteiger partial charge in [0.2, 0.25) is 15.9 Å². The summed E-state index contributed by atoms with van der Waals surface area (Å²) in [4.78, 5) is 28.9. The number of carbonyl (C=O) groups excluding carboxylic acids is 2. The van der Waals surface area contributed by atoms with Crippen molar-refractivity contribution in [2.75, 3.05) is 64.0 Å². The van der Waals surface area contributed by atoms with Crippen LogP contribution in [0, 0.1) is 0 Å². The molecule has 11 heteroatoms. The normalized spacial score (nSPS) is 22.5. The Hall–Kier alpha value is -2.21. The molecule has 1 aromatic rings. The van der Waals surface area contributed by atoms with Gasteiger partial charge in [0.1, 0.15) is 12.3 Å². The maximum Gasteiger partial charge on any atom is 0.265 e. The van der Waals surface area contributed by atoms with Crippen molar-refractivity contribution in [3.63, 3.8) is 0 Å². The van der Waals surface area contributed by atoms with E-state index in [0.29, 0.717) is 37.2 Å². The van der Waals surface area contributed by atoms with E-state index in [0.717, 1.165) is 13.1 Å². The zero-order chi connectivity index (χ0) is 23.4. The first-order valence-corrected chi connectivity index (χ1v) is 13.0. The number of hydrogen-bond donors (Lipinski definition) is 1. The zero-order valence-corrected chi connectivity index (χ0v) is 19.8. The number of sulfonamides is 1. The molecular weight excluding hydrogens is 448 g/mol. The lowest BCUT2D eigenvalue weighted by molar-refractivity contribution is -0.125. The second-order valence-corrected chi connectivity index (χ2v) is 10.6. The number of hydrogen-bond acceptors (Lipinski definition) is 7.